The fraction of sp³-hybridized carbons (Fsp3) is 0.625. The molecule has 1 saturated carbocycles. The second-order valence-corrected chi connectivity index (χ2v) is 12.5. The molecule has 2 fully saturated rings. The van der Waals surface area contributed by atoms with Crippen molar-refractivity contribution in [3.05, 3.63) is 35.5 Å². The van der Waals surface area contributed by atoms with Gasteiger partial charge in [-0.2, -0.15) is 5.26 Å². The van der Waals surface area contributed by atoms with Crippen LogP contribution in [0.4, 0.5) is 11.6 Å². The molecule has 0 amide bonds. The Hall–Kier alpha value is -2.97. The molecule has 234 valence electrons. The quantitative estimate of drug-likeness (QED) is 0.246. The summed E-state index contributed by atoms with van der Waals surface area (Å²) >= 11 is 6.57. The number of ether oxygens (including phenoxy) is 3. The first-order valence-corrected chi connectivity index (χ1v) is 15.7. The Morgan fingerprint density at radius 1 is 1.21 bits per heavy atom. The van der Waals surface area contributed by atoms with E-state index in [2.05, 4.69) is 33.9 Å². The van der Waals surface area contributed by atoms with Crippen LogP contribution in [0.25, 0.3) is 11.3 Å². The Bertz CT molecular complexity index is 1250. The standard InChI is InChI=1S/C32H45ClN6O4/c1-5-42-30(40)31(3,4)43-19-22(2)37-23-9-11-24(12-10-23)38-29-17-25(26(33)18-35-29)27-7-6-8-28(39-27)36-21-32(20-34)13-15-41-16-14-32/h6-8,17-18,22-24,37H,5,9-16,19,21H2,1-4H3,(H,35,38)(H,36,39)/t22-,23?,24?/m0/s1. The van der Waals surface area contributed by atoms with Gasteiger partial charge in [0, 0.05) is 49.6 Å². The van der Waals surface area contributed by atoms with Crippen molar-refractivity contribution in [1.82, 2.24) is 15.3 Å². The van der Waals surface area contributed by atoms with E-state index >= 15 is 0 Å². The van der Waals surface area contributed by atoms with E-state index in [1.165, 1.54) is 0 Å². The Morgan fingerprint density at radius 3 is 2.63 bits per heavy atom. The van der Waals surface area contributed by atoms with E-state index < -0.39 is 11.0 Å². The van der Waals surface area contributed by atoms with Gasteiger partial charge in [-0.15, -0.1) is 0 Å². The molecule has 11 heteroatoms. The van der Waals surface area contributed by atoms with Crippen LogP contribution in [-0.2, 0) is 19.0 Å². The minimum absolute atomic E-state index is 0.114. The monoisotopic (exact) mass is 612 g/mol. The van der Waals surface area contributed by atoms with Gasteiger partial charge in [0.05, 0.1) is 35.4 Å². The first-order chi connectivity index (χ1) is 20.6. The molecule has 3 heterocycles. The number of rotatable bonds is 13. The maximum atomic E-state index is 12.1. The average molecular weight is 613 g/mol. The Balaban J connectivity index is 1.28. The van der Waals surface area contributed by atoms with E-state index in [0.717, 1.165) is 42.8 Å². The van der Waals surface area contributed by atoms with Crippen molar-refractivity contribution >= 4 is 29.2 Å². The zero-order valence-corrected chi connectivity index (χ0v) is 26.5. The van der Waals surface area contributed by atoms with Crippen molar-refractivity contribution in [3.8, 4) is 17.3 Å². The Labute approximate surface area is 260 Å². The molecule has 1 saturated heterocycles. The molecule has 2 aromatic rings. The summed E-state index contributed by atoms with van der Waals surface area (Å²) in [4.78, 5) is 21.4. The van der Waals surface area contributed by atoms with Crippen molar-refractivity contribution < 1.29 is 19.0 Å². The summed E-state index contributed by atoms with van der Waals surface area (Å²) < 4.78 is 16.4. The van der Waals surface area contributed by atoms with Crippen LogP contribution in [0.3, 0.4) is 0 Å². The third-order valence-corrected chi connectivity index (χ3v) is 8.54. The number of nitrogens with zero attached hydrogens (tertiary/aromatic N) is 3. The molecule has 10 nitrogen and oxygen atoms in total. The number of aromatic nitrogens is 2. The molecule has 0 aromatic carbocycles. The maximum Gasteiger partial charge on any atom is 0.337 e. The van der Waals surface area contributed by atoms with E-state index in [1.54, 1.807) is 27.0 Å². The van der Waals surface area contributed by atoms with Gasteiger partial charge < -0.3 is 30.2 Å². The van der Waals surface area contributed by atoms with Gasteiger partial charge >= 0.3 is 5.97 Å². The molecule has 0 unspecified atom stereocenters. The molecule has 43 heavy (non-hydrogen) atoms. The molecule has 1 aliphatic carbocycles. The summed E-state index contributed by atoms with van der Waals surface area (Å²) in [5, 5.41) is 20.9. The van der Waals surface area contributed by atoms with Crippen LogP contribution in [0.5, 0.6) is 0 Å². The van der Waals surface area contributed by atoms with Crippen molar-refractivity contribution in [1.29, 1.82) is 5.26 Å². The topological polar surface area (TPSA) is 130 Å². The van der Waals surface area contributed by atoms with Gasteiger partial charge in [0.1, 0.15) is 11.6 Å². The molecule has 4 rings (SSSR count). The van der Waals surface area contributed by atoms with Crippen LogP contribution in [0, 0.1) is 16.7 Å². The Morgan fingerprint density at radius 2 is 1.93 bits per heavy atom. The number of anilines is 2. The van der Waals surface area contributed by atoms with Crippen LogP contribution in [0.15, 0.2) is 30.5 Å². The van der Waals surface area contributed by atoms with Gasteiger partial charge in [-0.05, 0) is 84.4 Å². The first kappa shape index (κ1) is 32.9. The highest BCUT2D eigenvalue weighted by molar-refractivity contribution is 6.33. The maximum absolute atomic E-state index is 12.1. The van der Waals surface area contributed by atoms with Crippen LogP contribution in [0.2, 0.25) is 5.02 Å². The summed E-state index contributed by atoms with van der Waals surface area (Å²) in [5.74, 6) is 1.13. The Kier molecular flexibility index (Phi) is 11.6. The molecule has 2 aromatic heterocycles. The van der Waals surface area contributed by atoms with Gasteiger partial charge in [-0.25, -0.2) is 14.8 Å². The van der Waals surface area contributed by atoms with Crippen molar-refractivity contribution in [3.63, 3.8) is 0 Å². The number of carbonyl (C=O) groups is 1. The smallest absolute Gasteiger partial charge is 0.337 e. The second-order valence-electron chi connectivity index (χ2n) is 12.1. The van der Waals surface area contributed by atoms with Crippen LogP contribution in [-0.4, -0.2) is 72.6 Å². The zero-order chi connectivity index (χ0) is 30.9. The van der Waals surface area contributed by atoms with Gasteiger partial charge in [-0.1, -0.05) is 17.7 Å². The predicted octanol–water partition coefficient (Wildman–Crippen LogP) is 5.59. The minimum atomic E-state index is -0.962. The van der Waals surface area contributed by atoms with Crippen LogP contribution < -0.4 is 16.0 Å². The molecule has 0 bridgehead atoms. The molecule has 3 N–H and O–H groups in total. The SMILES string of the molecule is CCOC(=O)C(C)(C)OC[C@H](C)NC1CCC(Nc2cc(-c3cccc(NCC4(C#N)CCOCC4)n3)c(Cl)cn2)CC1. The fourth-order valence-electron chi connectivity index (χ4n) is 5.51. The van der Waals surface area contributed by atoms with Gasteiger partial charge in [0.15, 0.2) is 5.60 Å². The summed E-state index contributed by atoms with van der Waals surface area (Å²) in [7, 11) is 0. The summed E-state index contributed by atoms with van der Waals surface area (Å²) in [5.41, 5.74) is 0.145. The number of nitriles is 1. The molecular formula is C32H45ClN6O4. The lowest BCUT2D eigenvalue weighted by atomic mass is 9.82. The van der Waals surface area contributed by atoms with Crippen molar-refractivity contribution in [2.45, 2.75) is 89.9 Å². The average Bonchev–Trinajstić information content (AvgIpc) is 3.02. The third kappa shape index (κ3) is 9.26. The minimum Gasteiger partial charge on any atom is -0.464 e. The molecule has 1 atom stereocenters. The molecule has 0 spiro atoms. The summed E-state index contributed by atoms with van der Waals surface area (Å²) in [6.45, 7) is 9.86. The lowest BCUT2D eigenvalue weighted by molar-refractivity contribution is -0.168. The molecular weight excluding hydrogens is 568 g/mol. The number of halogens is 1. The van der Waals surface area contributed by atoms with Crippen molar-refractivity contribution in [2.75, 3.05) is 43.6 Å². The lowest BCUT2D eigenvalue weighted by Crippen LogP contribution is -2.45. The summed E-state index contributed by atoms with van der Waals surface area (Å²) in [6, 6.07) is 11.0. The molecule has 1 aliphatic heterocycles. The lowest BCUT2D eigenvalue weighted by Gasteiger charge is -2.33. The van der Waals surface area contributed by atoms with Crippen LogP contribution in [0.1, 0.15) is 66.2 Å². The highest BCUT2D eigenvalue weighted by Gasteiger charge is 2.33. The number of pyridine rings is 2. The van der Waals surface area contributed by atoms with Crippen LogP contribution >= 0.6 is 11.6 Å². The predicted molar refractivity (Wildman–Crippen MR) is 168 cm³/mol. The van der Waals surface area contributed by atoms with Crippen molar-refractivity contribution in [2.24, 2.45) is 5.41 Å². The molecule has 0 radical (unpaired) electrons. The highest BCUT2D eigenvalue weighted by atomic mass is 35.5. The second kappa shape index (κ2) is 15.2. The molecule has 2 aliphatic rings. The first-order valence-electron chi connectivity index (χ1n) is 15.3. The van der Waals surface area contributed by atoms with Gasteiger partial charge in [0.2, 0.25) is 0 Å². The van der Waals surface area contributed by atoms with Gasteiger partial charge in [-0.3, -0.25) is 0 Å². The van der Waals surface area contributed by atoms with E-state index in [4.69, 9.17) is 30.8 Å². The van der Waals surface area contributed by atoms with E-state index in [1.807, 2.05) is 24.3 Å². The highest BCUT2D eigenvalue weighted by Crippen LogP contribution is 2.32. The van der Waals surface area contributed by atoms with E-state index in [-0.39, 0.29) is 12.0 Å². The number of nitrogens with one attached hydrogen (secondary N) is 3. The third-order valence-electron chi connectivity index (χ3n) is 8.24. The number of hydrogen-bond acceptors (Lipinski definition) is 10. The summed E-state index contributed by atoms with van der Waals surface area (Å²) in [6.07, 6.45) is 7.14. The van der Waals surface area contributed by atoms with E-state index in [9.17, 15) is 10.1 Å². The van der Waals surface area contributed by atoms with Gasteiger partial charge in [0.25, 0.3) is 0 Å². The van der Waals surface area contributed by atoms with E-state index in [0.29, 0.717) is 68.7 Å². The fourth-order valence-corrected chi connectivity index (χ4v) is 5.71. The zero-order valence-electron chi connectivity index (χ0n) is 25.7. The number of esters is 1. The number of carbonyl (C=O) groups excluding carboxylic acids is 1. The largest absolute Gasteiger partial charge is 0.464 e. The number of hydrogen-bond donors (Lipinski definition) is 3. The normalized spacial score (nSPS) is 20.9.